The van der Waals surface area contributed by atoms with Crippen LogP contribution < -0.4 is 0 Å². The normalized spacial score (nSPS) is 15.5. The molecule has 1 saturated heterocycles. The van der Waals surface area contributed by atoms with Gasteiger partial charge in [0.1, 0.15) is 5.82 Å². The number of carbonyl (C=O) groups excluding carboxylic acids is 1. The largest absolute Gasteiger partial charge is 0.481 e. The second-order valence-corrected chi connectivity index (χ2v) is 5.34. The second-order valence-electron chi connectivity index (χ2n) is 5.34. The van der Waals surface area contributed by atoms with Crippen molar-refractivity contribution in [1.29, 1.82) is 0 Å². The number of nitrogens with zero attached hydrogens (tertiary/aromatic N) is 1. The highest BCUT2D eigenvalue weighted by Crippen LogP contribution is 2.17. The standard InChI is InChI=1S/C16H20FNO4/c17-14-4-2-1-3-12(14)11-15(19)18(8-5-16(20)21)13-6-9-22-10-7-13/h1-4,13H,5-11H2,(H,20,21). The fourth-order valence-electron chi connectivity index (χ4n) is 2.63. The van der Waals surface area contributed by atoms with Crippen LogP contribution in [-0.4, -0.2) is 47.7 Å². The van der Waals surface area contributed by atoms with Gasteiger partial charge in [0.05, 0.1) is 12.8 Å². The predicted molar refractivity (Wildman–Crippen MR) is 77.9 cm³/mol. The summed E-state index contributed by atoms with van der Waals surface area (Å²) in [5.41, 5.74) is 0.333. The number of hydrogen-bond acceptors (Lipinski definition) is 3. The number of halogens is 1. The molecule has 1 aromatic rings. The molecule has 22 heavy (non-hydrogen) atoms. The summed E-state index contributed by atoms with van der Waals surface area (Å²) in [6, 6.07) is 6.11. The molecule has 0 saturated carbocycles. The van der Waals surface area contributed by atoms with E-state index in [4.69, 9.17) is 9.84 Å². The Morgan fingerprint density at radius 1 is 1.27 bits per heavy atom. The zero-order chi connectivity index (χ0) is 15.9. The van der Waals surface area contributed by atoms with E-state index in [9.17, 15) is 14.0 Å². The molecule has 1 aliphatic heterocycles. The van der Waals surface area contributed by atoms with Gasteiger partial charge in [0.25, 0.3) is 0 Å². The Bertz CT molecular complexity index is 529. The molecule has 6 heteroatoms. The van der Waals surface area contributed by atoms with E-state index >= 15 is 0 Å². The molecular weight excluding hydrogens is 289 g/mol. The first-order valence-corrected chi connectivity index (χ1v) is 7.40. The molecule has 1 aromatic carbocycles. The van der Waals surface area contributed by atoms with E-state index in [1.165, 1.54) is 6.07 Å². The van der Waals surface area contributed by atoms with E-state index in [1.54, 1.807) is 23.1 Å². The van der Waals surface area contributed by atoms with Gasteiger partial charge in [0.15, 0.2) is 0 Å². The van der Waals surface area contributed by atoms with Crippen molar-refractivity contribution in [2.75, 3.05) is 19.8 Å². The van der Waals surface area contributed by atoms with Crippen molar-refractivity contribution in [2.24, 2.45) is 0 Å². The van der Waals surface area contributed by atoms with Crippen LogP contribution in [0.25, 0.3) is 0 Å². The molecule has 1 aliphatic rings. The Morgan fingerprint density at radius 3 is 2.59 bits per heavy atom. The van der Waals surface area contributed by atoms with Crippen LogP contribution in [0.3, 0.4) is 0 Å². The fourth-order valence-corrected chi connectivity index (χ4v) is 2.63. The lowest BCUT2D eigenvalue weighted by molar-refractivity contribution is -0.140. The Hall–Kier alpha value is -1.95. The molecule has 1 amide bonds. The monoisotopic (exact) mass is 309 g/mol. The summed E-state index contributed by atoms with van der Waals surface area (Å²) >= 11 is 0. The van der Waals surface area contributed by atoms with Gasteiger partial charge in [0.2, 0.25) is 5.91 Å². The Balaban J connectivity index is 2.07. The summed E-state index contributed by atoms with van der Waals surface area (Å²) in [5.74, 6) is -1.60. The summed E-state index contributed by atoms with van der Waals surface area (Å²) < 4.78 is 19.0. The summed E-state index contributed by atoms with van der Waals surface area (Å²) in [4.78, 5) is 24.9. The highest BCUT2D eigenvalue weighted by atomic mass is 19.1. The maximum Gasteiger partial charge on any atom is 0.305 e. The fraction of sp³-hybridized carbons (Fsp3) is 0.500. The van der Waals surface area contributed by atoms with Crippen molar-refractivity contribution >= 4 is 11.9 Å². The third-order valence-electron chi connectivity index (χ3n) is 3.82. The Morgan fingerprint density at radius 2 is 1.95 bits per heavy atom. The molecule has 2 rings (SSSR count). The van der Waals surface area contributed by atoms with E-state index in [2.05, 4.69) is 0 Å². The minimum Gasteiger partial charge on any atom is -0.481 e. The first-order valence-electron chi connectivity index (χ1n) is 7.40. The molecule has 0 aromatic heterocycles. The molecular formula is C16H20FNO4. The van der Waals surface area contributed by atoms with Gasteiger partial charge in [-0.25, -0.2) is 4.39 Å². The highest BCUT2D eigenvalue weighted by Gasteiger charge is 2.26. The molecule has 1 heterocycles. The zero-order valence-corrected chi connectivity index (χ0v) is 12.3. The van der Waals surface area contributed by atoms with E-state index in [0.29, 0.717) is 31.6 Å². The van der Waals surface area contributed by atoms with Crippen LogP contribution >= 0.6 is 0 Å². The number of benzene rings is 1. The lowest BCUT2D eigenvalue weighted by Gasteiger charge is -2.34. The molecule has 0 aliphatic carbocycles. The summed E-state index contributed by atoms with van der Waals surface area (Å²) in [5, 5.41) is 8.85. The highest BCUT2D eigenvalue weighted by molar-refractivity contribution is 5.79. The topological polar surface area (TPSA) is 66.8 Å². The van der Waals surface area contributed by atoms with Gasteiger partial charge in [-0.1, -0.05) is 18.2 Å². The first kappa shape index (κ1) is 16.4. The Kier molecular flexibility index (Phi) is 5.89. The number of carbonyl (C=O) groups is 2. The van der Waals surface area contributed by atoms with Crippen LogP contribution in [-0.2, 0) is 20.7 Å². The molecule has 1 fully saturated rings. The van der Waals surface area contributed by atoms with Crippen molar-refractivity contribution in [3.05, 3.63) is 35.6 Å². The zero-order valence-electron chi connectivity index (χ0n) is 12.3. The van der Waals surface area contributed by atoms with Gasteiger partial charge in [-0.3, -0.25) is 9.59 Å². The molecule has 5 nitrogen and oxygen atoms in total. The number of hydrogen-bond donors (Lipinski definition) is 1. The van der Waals surface area contributed by atoms with Crippen LogP contribution in [0.15, 0.2) is 24.3 Å². The molecule has 0 unspecified atom stereocenters. The maximum absolute atomic E-state index is 13.7. The van der Waals surface area contributed by atoms with E-state index in [0.717, 1.165) is 0 Å². The van der Waals surface area contributed by atoms with Crippen LogP contribution in [0.4, 0.5) is 4.39 Å². The maximum atomic E-state index is 13.7. The van der Waals surface area contributed by atoms with Crippen LogP contribution in [0.5, 0.6) is 0 Å². The molecule has 0 bridgehead atoms. The smallest absolute Gasteiger partial charge is 0.305 e. The average Bonchev–Trinajstić information content (AvgIpc) is 2.50. The quantitative estimate of drug-likeness (QED) is 0.871. The molecule has 0 atom stereocenters. The van der Waals surface area contributed by atoms with E-state index in [-0.39, 0.29) is 31.3 Å². The van der Waals surface area contributed by atoms with Crippen LogP contribution in [0, 0.1) is 5.82 Å². The van der Waals surface area contributed by atoms with Gasteiger partial charge in [-0.2, -0.15) is 0 Å². The van der Waals surface area contributed by atoms with Crippen molar-refractivity contribution in [2.45, 2.75) is 31.7 Å². The average molecular weight is 309 g/mol. The van der Waals surface area contributed by atoms with Crippen LogP contribution in [0.1, 0.15) is 24.8 Å². The number of ether oxygens (including phenoxy) is 1. The molecule has 0 spiro atoms. The third kappa shape index (κ3) is 4.53. The SMILES string of the molecule is O=C(O)CCN(C(=O)Cc1ccccc1F)C1CCOCC1. The number of aliphatic carboxylic acids is 1. The lowest BCUT2D eigenvalue weighted by Crippen LogP contribution is -2.45. The van der Waals surface area contributed by atoms with Gasteiger partial charge in [0, 0.05) is 25.8 Å². The molecule has 1 N–H and O–H groups in total. The number of amides is 1. The number of rotatable bonds is 6. The second kappa shape index (κ2) is 7.89. The van der Waals surface area contributed by atoms with Gasteiger partial charge in [-0.05, 0) is 24.5 Å². The summed E-state index contributed by atoms with van der Waals surface area (Å²) in [6.45, 7) is 1.26. The first-order chi connectivity index (χ1) is 10.6. The van der Waals surface area contributed by atoms with E-state index in [1.807, 2.05) is 0 Å². The molecule has 120 valence electrons. The number of carboxylic acid groups (broad SMARTS) is 1. The van der Waals surface area contributed by atoms with Crippen molar-refractivity contribution in [3.8, 4) is 0 Å². The third-order valence-corrected chi connectivity index (χ3v) is 3.82. The minimum absolute atomic E-state index is 0.0348. The van der Waals surface area contributed by atoms with Crippen molar-refractivity contribution in [1.82, 2.24) is 4.90 Å². The summed E-state index contributed by atoms with van der Waals surface area (Å²) in [6.07, 6.45) is 1.20. The predicted octanol–water partition coefficient (Wildman–Crippen LogP) is 1.85. The molecule has 0 radical (unpaired) electrons. The van der Waals surface area contributed by atoms with Gasteiger partial charge in [-0.15, -0.1) is 0 Å². The van der Waals surface area contributed by atoms with Crippen molar-refractivity contribution in [3.63, 3.8) is 0 Å². The van der Waals surface area contributed by atoms with Crippen LogP contribution in [0.2, 0.25) is 0 Å². The minimum atomic E-state index is -0.948. The summed E-state index contributed by atoms with van der Waals surface area (Å²) in [7, 11) is 0. The van der Waals surface area contributed by atoms with Gasteiger partial charge >= 0.3 is 5.97 Å². The van der Waals surface area contributed by atoms with Crippen molar-refractivity contribution < 1.29 is 23.8 Å². The Labute approximate surface area is 128 Å². The van der Waals surface area contributed by atoms with E-state index < -0.39 is 11.8 Å². The van der Waals surface area contributed by atoms with Gasteiger partial charge < -0.3 is 14.7 Å². The lowest BCUT2D eigenvalue weighted by atomic mass is 10.0. The number of carboxylic acids is 1.